The summed E-state index contributed by atoms with van der Waals surface area (Å²) < 4.78 is 69.1. The number of ether oxygens (including phenoxy) is 4. The van der Waals surface area contributed by atoms with Gasteiger partial charge in [-0.1, -0.05) is 447 Å². The van der Waals surface area contributed by atoms with Gasteiger partial charge in [-0.05, 0) is 43.4 Å². The Balaban J connectivity index is 5.25. The standard InChI is InChI=1S/C93H182O17P2/c1-8-11-12-13-14-15-16-17-18-19-20-21-22-26-29-35-40-45-53-60-67-74-90(95)103-80-88(109-92(97)76-69-62-55-46-41-36-30-27-24-23-25-28-34-39-44-51-58-65-72-85(6)9-2)82-107-111(99,100)105-78-87(94)79-106-112(101,102)108-83-89(81-104-91(96)75-68-61-54-49-48-52-59-66-73-86(7)10-3)110-93(98)77-70-63-56-47-42-37-32-31-33-38-43-50-57-64-71-84(4)5/h84-89,94H,8-83H2,1-7H3,(H,99,100)(H,101,102)/t85?,86?,87-,88-,89-/m1/s1. The zero-order valence-corrected chi connectivity index (χ0v) is 75.9. The van der Waals surface area contributed by atoms with Gasteiger partial charge < -0.3 is 33.8 Å². The fourth-order valence-electron chi connectivity index (χ4n) is 14.5. The van der Waals surface area contributed by atoms with Gasteiger partial charge in [-0.25, -0.2) is 9.13 Å². The van der Waals surface area contributed by atoms with Crippen LogP contribution in [0.5, 0.6) is 0 Å². The lowest BCUT2D eigenvalue weighted by Gasteiger charge is -2.21. The zero-order chi connectivity index (χ0) is 82.2. The molecule has 0 aliphatic heterocycles. The molecule has 7 atom stereocenters. The molecule has 17 nitrogen and oxygen atoms in total. The van der Waals surface area contributed by atoms with Crippen LogP contribution in [0.25, 0.3) is 0 Å². The van der Waals surface area contributed by atoms with E-state index in [4.69, 9.17) is 37.0 Å². The van der Waals surface area contributed by atoms with Gasteiger partial charge in [-0.15, -0.1) is 0 Å². The Bertz CT molecular complexity index is 2150. The maximum Gasteiger partial charge on any atom is 0.472 e. The second kappa shape index (κ2) is 82.7. The highest BCUT2D eigenvalue weighted by Gasteiger charge is 2.31. The third kappa shape index (κ3) is 83.1. The molecule has 0 heterocycles. The largest absolute Gasteiger partial charge is 0.472 e. The van der Waals surface area contributed by atoms with Gasteiger partial charge in [0.15, 0.2) is 12.2 Å². The van der Waals surface area contributed by atoms with Gasteiger partial charge in [-0.2, -0.15) is 0 Å². The predicted octanol–water partition coefficient (Wildman–Crippen LogP) is 28.8. The SMILES string of the molecule is CCCCCCCCCCCCCCCCCCCCCCCC(=O)OC[C@H](COP(=O)(O)OC[C@@H](O)COP(=O)(O)OC[C@@H](COC(=O)CCCCCCCCCCC(C)CC)OC(=O)CCCCCCCCCCCCCCCCC(C)C)OC(=O)CCCCCCCCCCCCCCCCCCCCC(C)CC. The van der Waals surface area contributed by atoms with Crippen molar-refractivity contribution in [2.45, 2.75) is 516 Å². The molecule has 0 amide bonds. The molecule has 0 aromatic carbocycles. The summed E-state index contributed by atoms with van der Waals surface area (Å²) in [5.74, 6) is 0.346. The monoisotopic (exact) mass is 1630 g/mol. The van der Waals surface area contributed by atoms with Crippen LogP contribution in [-0.2, 0) is 65.4 Å². The summed E-state index contributed by atoms with van der Waals surface area (Å²) in [6, 6.07) is 0. The van der Waals surface area contributed by atoms with E-state index in [1.807, 2.05) is 0 Å². The molecule has 0 aromatic rings. The molecular weight excluding hydrogens is 1450 g/mol. The molecule has 0 aliphatic rings. The number of esters is 4. The molecule has 3 N–H and O–H groups in total. The van der Waals surface area contributed by atoms with E-state index in [2.05, 4.69) is 48.5 Å². The van der Waals surface area contributed by atoms with Gasteiger partial charge >= 0.3 is 39.5 Å². The smallest absolute Gasteiger partial charge is 0.462 e. The van der Waals surface area contributed by atoms with Crippen molar-refractivity contribution < 1.29 is 80.2 Å². The summed E-state index contributed by atoms with van der Waals surface area (Å²) in [6.07, 6.45) is 76.4. The van der Waals surface area contributed by atoms with Crippen LogP contribution in [0.4, 0.5) is 0 Å². The lowest BCUT2D eigenvalue weighted by Crippen LogP contribution is -2.30. The Morgan fingerprint density at radius 1 is 0.259 bits per heavy atom. The lowest BCUT2D eigenvalue weighted by atomic mass is 9.99. The fourth-order valence-corrected chi connectivity index (χ4v) is 16.1. The first-order valence-electron chi connectivity index (χ1n) is 47.9. The summed E-state index contributed by atoms with van der Waals surface area (Å²) in [6.45, 7) is 12.1. The molecule has 19 heteroatoms. The topological polar surface area (TPSA) is 237 Å². The van der Waals surface area contributed by atoms with Gasteiger partial charge in [-0.3, -0.25) is 37.3 Å². The molecule has 0 spiro atoms. The highest BCUT2D eigenvalue weighted by atomic mass is 31.2. The number of phosphoric acid groups is 2. The summed E-state index contributed by atoms with van der Waals surface area (Å²) in [4.78, 5) is 73.5. The van der Waals surface area contributed by atoms with E-state index in [9.17, 15) is 43.2 Å². The number of hydrogen-bond acceptors (Lipinski definition) is 15. The van der Waals surface area contributed by atoms with Crippen molar-refractivity contribution in [1.82, 2.24) is 0 Å². The molecule has 0 radical (unpaired) electrons. The van der Waals surface area contributed by atoms with E-state index >= 15 is 0 Å². The highest BCUT2D eigenvalue weighted by Crippen LogP contribution is 2.45. The van der Waals surface area contributed by atoms with Crippen molar-refractivity contribution in [3.63, 3.8) is 0 Å². The van der Waals surface area contributed by atoms with E-state index in [1.54, 1.807) is 0 Å². The normalized spacial score (nSPS) is 14.2. The summed E-state index contributed by atoms with van der Waals surface area (Å²) in [7, 11) is -9.94. The molecule has 0 aliphatic carbocycles. The number of hydrogen-bond donors (Lipinski definition) is 3. The molecule has 0 aromatic heterocycles. The zero-order valence-electron chi connectivity index (χ0n) is 74.2. The number of carbonyl (C=O) groups excluding carboxylic acids is 4. The Kier molecular flexibility index (Phi) is 81.3. The van der Waals surface area contributed by atoms with Crippen LogP contribution >= 0.6 is 15.6 Å². The fraction of sp³-hybridized carbons (Fsp3) is 0.957. The van der Waals surface area contributed by atoms with Crippen LogP contribution < -0.4 is 0 Å². The molecule has 666 valence electrons. The lowest BCUT2D eigenvalue weighted by molar-refractivity contribution is -0.161. The van der Waals surface area contributed by atoms with Crippen LogP contribution in [0, 0.1) is 17.8 Å². The third-order valence-electron chi connectivity index (χ3n) is 22.6. The predicted molar refractivity (Wildman–Crippen MR) is 465 cm³/mol. The van der Waals surface area contributed by atoms with Gasteiger partial charge in [0.05, 0.1) is 26.4 Å². The van der Waals surface area contributed by atoms with Gasteiger partial charge in [0, 0.05) is 25.7 Å². The Morgan fingerprint density at radius 3 is 0.679 bits per heavy atom. The van der Waals surface area contributed by atoms with E-state index in [0.717, 1.165) is 108 Å². The first-order chi connectivity index (χ1) is 54.3. The van der Waals surface area contributed by atoms with E-state index < -0.39 is 97.5 Å². The number of carbonyl (C=O) groups is 4. The maximum absolute atomic E-state index is 13.2. The first kappa shape index (κ1) is 110. The minimum absolute atomic E-state index is 0.107. The van der Waals surface area contributed by atoms with Crippen molar-refractivity contribution in [2.24, 2.45) is 17.8 Å². The molecule has 0 saturated carbocycles. The molecule has 0 bridgehead atoms. The van der Waals surface area contributed by atoms with Crippen molar-refractivity contribution >= 4 is 39.5 Å². The van der Waals surface area contributed by atoms with Gasteiger partial charge in [0.1, 0.15) is 19.3 Å². The summed E-state index contributed by atoms with van der Waals surface area (Å²) in [5, 5.41) is 10.7. The van der Waals surface area contributed by atoms with E-state index in [0.29, 0.717) is 25.7 Å². The Labute approximate surface area is 689 Å². The molecular formula is C93H182O17P2. The number of aliphatic hydroxyl groups is 1. The Morgan fingerprint density at radius 2 is 0.455 bits per heavy atom. The molecule has 0 fully saturated rings. The quantitative estimate of drug-likeness (QED) is 0.0222. The molecule has 0 saturated heterocycles. The maximum atomic E-state index is 13.2. The minimum Gasteiger partial charge on any atom is -0.462 e. The second-order valence-electron chi connectivity index (χ2n) is 34.4. The van der Waals surface area contributed by atoms with Crippen molar-refractivity contribution in [3.8, 4) is 0 Å². The summed E-state index contributed by atoms with van der Waals surface area (Å²) >= 11 is 0. The van der Waals surface area contributed by atoms with Crippen LogP contribution in [0.3, 0.4) is 0 Å². The van der Waals surface area contributed by atoms with Crippen LogP contribution in [-0.4, -0.2) is 96.7 Å². The average molecular weight is 1630 g/mol. The molecule has 4 unspecified atom stereocenters. The van der Waals surface area contributed by atoms with Crippen LogP contribution in [0.2, 0.25) is 0 Å². The second-order valence-corrected chi connectivity index (χ2v) is 37.3. The minimum atomic E-state index is -4.97. The van der Waals surface area contributed by atoms with Crippen molar-refractivity contribution in [3.05, 3.63) is 0 Å². The van der Waals surface area contributed by atoms with Gasteiger partial charge in [0.2, 0.25) is 0 Å². The number of rotatable bonds is 91. The first-order valence-corrected chi connectivity index (χ1v) is 50.9. The molecule has 0 rings (SSSR count). The number of aliphatic hydroxyl groups excluding tert-OH is 1. The summed E-state index contributed by atoms with van der Waals surface area (Å²) in [5.41, 5.74) is 0. The Hall–Kier alpha value is -1.94. The van der Waals surface area contributed by atoms with Crippen LogP contribution in [0.1, 0.15) is 498 Å². The van der Waals surface area contributed by atoms with E-state index in [1.165, 1.54) is 308 Å². The number of unbranched alkanes of at least 4 members (excludes halogenated alkanes) is 57. The molecule has 112 heavy (non-hydrogen) atoms. The van der Waals surface area contributed by atoms with Gasteiger partial charge in [0.25, 0.3) is 0 Å². The van der Waals surface area contributed by atoms with Crippen molar-refractivity contribution in [2.75, 3.05) is 39.6 Å². The third-order valence-corrected chi connectivity index (χ3v) is 24.5. The number of phosphoric ester groups is 2. The van der Waals surface area contributed by atoms with Crippen LogP contribution in [0.15, 0.2) is 0 Å². The average Bonchev–Trinajstić information content (AvgIpc) is 0.897. The van der Waals surface area contributed by atoms with E-state index in [-0.39, 0.29) is 25.7 Å². The highest BCUT2D eigenvalue weighted by molar-refractivity contribution is 7.47. The van der Waals surface area contributed by atoms with Crippen molar-refractivity contribution in [1.29, 1.82) is 0 Å².